The number of amides is 3. The van der Waals surface area contributed by atoms with E-state index in [1.807, 2.05) is 0 Å². The Bertz CT molecular complexity index is 811. The molecule has 7 nitrogen and oxygen atoms in total. The molecule has 0 spiro atoms. The minimum Gasteiger partial charge on any atom is -0.478 e. The monoisotopic (exact) mass is 498 g/mol. The molecule has 9 heteroatoms. The fraction of sp³-hybridized carbons (Fsp3) is 0.444. The normalized spacial score (nSPS) is 34.1. The number of likely N-dealkylation sites (tertiary alicyclic amines) is 1. The number of nitrogens with zero attached hydrogens (tertiary/aromatic N) is 1. The number of hydrogen-bond donors (Lipinski definition) is 2. The molecule has 2 aliphatic carbocycles. The summed E-state index contributed by atoms with van der Waals surface area (Å²) >= 11 is 7.25. The zero-order valence-electron chi connectivity index (χ0n) is 14.0. The molecule has 0 unspecified atom stereocenters. The third-order valence-electron chi connectivity index (χ3n) is 5.80. The summed E-state index contributed by atoms with van der Waals surface area (Å²) in [5.74, 6) is -2.55. The van der Waals surface area contributed by atoms with E-state index < -0.39 is 11.9 Å². The van der Waals surface area contributed by atoms with Crippen LogP contribution >= 0.6 is 31.9 Å². The van der Waals surface area contributed by atoms with Crippen LogP contribution in [0.15, 0.2) is 24.3 Å². The van der Waals surface area contributed by atoms with Crippen LogP contribution in [0.5, 0.6) is 0 Å². The van der Waals surface area contributed by atoms with Gasteiger partial charge in [0.2, 0.25) is 17.7 Å². The van der Waals surface area contributed by atoms with Gasteiger partial charge >= 0.3 is 5.97 Å². The van der Waals surface area contributed by atoms with Crippen molar-refractivity contribution in [3.63, 3.8) is 0 Å². The highest BCUT2D eigenvalue weighted by Crippen LogP contribution is 2.60. The number of hydrogen-bond acceptors (Lipinski definition) is 4. The van der Waals surface area contributed by atoms with Crippen molar-refractivity contribution in [1.82, 2.24) is 4.90 Å². The van der Waals surface area contributed by atoms with Crippen LogP contribution in [0.2, 0.25) is 0 Å². The van der Waals surface area contributed by atoms with Gasteiger partial charge in [0, 0.05) is 15.3 Å². The van der Waals surface area contributed by atoms with Gasteiger partial charge in [0.1, 0.15) is 6.54 Å². The molecule has 2 N–H and O–H groups in total. The highest BCUT2D eigenvalue weighted by atomic mass is 79.9. The second kappa shape index (κ2) is 6.70. The summed E-state index contributed by atoms with van der Waals surface area (Å²) in [6.07, 6.45) is 0.842. The van der Waals surface area contributed by atoms with E-state index in [9.17, 15) is 19.2 Å². The lowest BCUT2D eigenvalue weighted by atomic mass is 9.81. The fourth-order valence-electron chi connectivity index (χ4n) is 4.61. The predicted molar refractivity (Wildman–Crippen MR) is 103 cm³/mol. The molecule has 1 heterocycles. The smallest absolute Gasteiger partial charge is 0.335 e. The number of carboxylic acids is 1. The number of rotatable bonds is 4. The van der Waals surface area contributed by atoms with Gasteiger partial charge in [-0.2, -0.15) is 0 Å². The average Bonchev–Trinajstić information content (AvgIpc) is 3.23. The number of anilines is 1. The van der Waals surface area contributed by atoms with Crippen molar-refractivity contribution in [1.29, 1.82) is 0 Å². The Balaban J connectivity index is 1.44. The Morgan fingerprint density at radius 3 is 2.04 bits per heavy atom. The largest absolute Gasteiger partial charge is 0.478 e. The fourth-order valence-corrected chi connectivity index (χ4v) is 6.48. The van der Waals surface area contributed by atoms with E-state index in [4.69, 9.17) is 5.11 Å². The lowest BCUT2D eigenvalue weighted by Gasteiger charge is -2.28. The van der Waals surface area contributed by atoms with Gasteiger partial charge in [0.05, 0.1) is 17.4 Å². The summed E-state index contributed by atoms with van der Waals surface area (Å²) < 4.78 is 0. The van der Waals surface area contributed by atoms with Crippen LogP contribution < -0.4 is 5.32 Å². The van der Waals surface area contributed by atoms with Crippen molar-refractivity contribution in [2.24, 2.45) is 23.7 Å². The first-order chi connectivity index (χ1) is 12.8. The van der Waals surface area contributed by atoms with Gasteiger partial charge in [0.25, 0.3) is 0 Å². The molecule has 1 saturated heterocycles. The maximum absolute atomic E-state index is 12.8. The number of halogens is 2. The van der Waals surface area contributed by atoms with E-state index >= 15 is 0 Å². The van der Waals surface area contributed by atoms with Crippen molar-refractivity contribution >= 4 is 61.2 Å². The van der Waals surface area contributed by atoms with Crippen molar-refractivity contribution < 1.29 is 24.3 Å². The lowest BCUT2D eigenvalue weighted by Crippen LogP contribution is -2.39. The second-order valence-corrected chi connectivity index (χ2v) is 9.31. The van der Waals surface area contributed by atoms with E-state index in [1.165, 1.54) is 24.3 Å². The number of nitrogens with one attached hydrogen (secondary N) is 1. The van der Waals surface area contributed by atoms with Crippen LogP contribution in [0.25, 0.3) is 0 Å². The first kappa shape index (κ1) is 18.6. The summed E-state index contributed by atoms with van der Waals surface area (Å²) in [5, 5.41) is 11.5. The summed E-state index contributed by atoms with van der Waals surface area (Å²) in [6.45, 7) is -0.329. The van der Waals surface area contributed by atoms with Crippen LogP contribution in [-0.4, -0.2) is 49.9 Å². The molecule has 27 heavy (non-hydrogen) atoms. The van der Waals surface area contributed by atoms with Crippen molar-refractivity contribution in [2.45, 2.75) is 16.1 Å². The topological polar surface area (TPSA) is 104 Å². The molecule has 2 saturated carbocycles. The van der Waals surface area contributed by atoms with E-state index in [-0.39, 0.29) is 57.2 Å². The predicted octanol–water partition coefficient (Wildman–Crippen LogP) is 2.10. The first-order valence-electron chi connectivity index (χ1n) is 8.56. The first-order valence-corrected chi connectivity index (χ1v) is 10.4. The number of benzene rings is 1. The molecule has 2 bridgehead atoms. The molecule has 1 aromatic rings. The van der Waals surface area contributed by atoms with Crippen LogP contribution in [0.3, 0.4) is 0 Å². The third-order valence-corrected chi connectivity index (χ3v) is 9.00. The molecule has 3 amide bonds. The number of fused-ring (bicyclic) bond motifs is 5. The minimum absolute atomic E-state index is 0.106. The molecule has 3 aliphatic rings. The maximum atomic E-state index is 12.8. The number of alkyl halides is 2. The second-order valence-electron chi connectivity index (χ2n) is 7.20. The van der Waals surface area contributed by atoms with Crippen LogP contribution in [0, 0.1) is 23.7 Å². The molecular weight excluding hydrogens is 484 g/mol. The zero-order chi connectivity index (χ0) is 19.5. The van der Waals surface area contributed by atoms with Gasteiger partial charge in [-0.3, -0.25) is 19.3 Å². The molecule has 4 rings (SSSR count). The Hall–Kier alpha value is -1.74. The molecule has 1 aromatic carbocycles. The SMILES string of the molecule is O=C(CN1C(=O)[C@@H]2[C@@H]3C[C@@H]([C@H](Br)[C@@H]3Br)[C@H]2C1=O)Nc1ccc(C(=O)O)cc1. The van der Waals surface area contributed by atoms with Gasteiger partial charge in [0.15, 0.2) is 0 Å². The van der Waals surface area contributed by atoms with Crippen molar-refractivity contribution in [2.75, 3.05) is 11.9 Å². The Morgan fingerprint density at radius 2 is 1.56 bits per heavy atom. The number of imide groups is 1. The molecular formula is C18H16Br2N2O5. The molecule has 0 aromatic heterocycles. The highest BCUT2D eigenvalue weighted by Gasteiger charge is 2.66. The molecule has 0 radical (unpaired) electrons. The standard InChI is InChI=1S/C18H16Br2N2O5/c19-14-9-5-10(15(14)20)13-12(9)16(24)22(17(13)25)6-11(23)21-8-3-1-7(2-4-8)18(26)27/h1-4,9-10,12-15H,5-6H2,(H,21,23)(H,26,27)/t9-,10+,12-,13-,14+,15-/m1/s1. The Kier molecular flexibility index (Phi) is 4.62. The molecule has 6 atom stereocenters. The number of carboxylic acid groups (broad SMARTS) is 1. The van der Waals surface area contributed by atoms with E-state index in [1.54, 1.807) is 0 Å². The average molecular weight is 500 g/mol. The quantitative estimate of drug-likeness (QED) is 0.487. The van der Waals surface area contributed by atoms with Gasteiger partial charge in [-0.15, -0.1) is 0 Å². The van der Waals surface area contributed by atoms with E-state index in [2.05, 4.69) is 37.2 Å². The summed E-state index contributed by atoms with van der Waals surface area (Å²) in [7, 11) is 0. The van der Waals surface area contributed by atoms with E-state index in [0.29, 0.717) is 5.69 Å². The van der Waals surface area contributed by atoms with Crippen LogP contribution in [0.1, 0.15) is 16.8 Å². The third kappa shape index (κ3) is 2.91. The minimum atomic E-state index is -1.06. The molecule has 142 valence electrons. The molecule has 3 fully saturated rings. The summed E-state index contributed by atoms with van der Waals surface area (Å²) in [4.78, 5) is 50.1. The van der Waals surface area contributed by atoms with Gasteiger partial charge in [-0.05, 0) is 42.5 Å². The zero-order valence-corrected chi connectivity index (χ0v) is 17.1. The van der Waals surface area contributed by atoms with Crippen molar-refractivity contribution in [3.8, 4) is 0 Å². The van der Waals surface area contributed by atoms with Crippen molar-refractivity contribution in [3.05, 3.63) is 29.8 Å². The maximum Gasteiger partial charge on any atom is 0.335 e. The van der Waals surface area contributed by atoms with E-state index in [0.717, 1.165) is 11.3 Å². The van der Waals surface area contributed by atoms with Gasteiger partial charge in [-0.25, -0.2) is 4.79 Å². The number of aromatic carboxylic acids is 1. The highest BCUT2D eigenvalue weighted by molar-refractivity contribution is 9.12. The lowest BCUT2D eigenvalue weighted by molar-refractivity contribution is -0.143. The van der Waals surface area contributed by atoms with Crippen LogP contribution in [-0.2, 0) is 14.4 Å². The number of carbonyl (C=O) groups is 4. The van der Waals surface area contributed by atoms with Gasteiger partial charge in [-0.1, -0.05) is 31.9 Å². The Labute approximate surface area is 171 Å². The summed E-state index contributed by atoms with van der Waals surface area (Å²) in [6, 6.07) is 5.68. The Morgan fingerprint density at radius 1 is 1.04 bits per heavy atom. The van der Waals surface area contributed by atoms with Crippen LogP contribution in [0.4, 0.5) is 5.69 Å². The van der Waals surface area contributed by atoms with Gasteiger partial charge < -0.3 is 10.4 Å². The number of carbonyl (C=O) groups excluding carboxylic acids is 3. The summed E-state index contributed by atoms with van der Waals surface area (Å²) in [5.41, 5.74) is 0.514. The molecule has 1 aliphatic heterocycles.